The summed E-state index contributed by atoms with van der Waals surface area (Å²) in [5, 5.41) is 10.9. The third kappa shape index (κ3) is 2.91. The number of aryl methyl sites for hydroxylation is 1. The van der Waals surface area contributed by atoms with Crippen LogP contribution in [0.2, 0.25) is 0 Å². The summed E-state index contributed by atoms with van der Waals surface area (Å²) in [6.45, 7) is 3.09. The van der Waals surface area contributed by atoms with Gasteiger partial charge in [-0.1, -0.05) is 0 Å². The summed E-state index contributed by atoms with van der Waals surface area (Å²) >= 11 is 0. The van der Waals surface area contributed by atoms with Gasteiger partial charge in [0.2, 0.25) is 15.8 Å². The molecule has 116 valence electrons. The molecule has 0 atom stereocenters. The summed E-state index contributed by atoms with van der Waals surface area (Å²) in [5.41, 5.74) is -0.752. The molecule has 0 aliphatic heterocycles. The van der Waals surface area contributed by atoms with E-state index in [1.165, 1.54) is 25.2 Å². The molecular formula is C13H17FN2O4S. The molecule has 1 aromatic rings. The minimum absolute atomic E-state index is 0.153. The summed E-state index contributed by atoms with van der Waals surface area (Å²) < 4.78 is 40.1. The lowest BCUT2D eigenvalue weighted by Gasteiger charge is -2.20. The summed E-state index contributed by atoms with van der Waals surface area (Å²) in [6, 6.07) is 0.906. The molecule has 1 aromatic carbocycles. The third-order valence-electron chi connectivity index (χ3n) is 3.69. The molecule has 0 saturated heterocycles. The molecule has 1 fully saturated rings. The first-order chi connectivity index (χ1) is 9.66. The van der Waals surface area contributed by atoms with Gasteiger partial charge in [0.1, 0.15) is 0 Å². The molecule has 0 aromatic heterocycles. The van der Waals surface area contributed by atoms with Gasteiger partial charge in [-0.3, -0.25) is 10.1 Å². The van der Waals surface area contributed by atoms with Crippen LogP contribution in [0.5, 0.6) is 0 Å². The van der Waals surface area contributed by atoms with Crippen LogP contribution >= 0.6 is 0 Å². The number of rotatable bonds is 5. The van der Waals surface area contributed by atoms with Crippen molar-refractivity contribution < 1.29 is 17.7 Å². The lowest BCUT2D eigenvalue weighted by atomic mass is 10.1. The normalized spacial score (nSPS) is 15.5. The molecule has 6 nitrogen and oxygen atoms in total. The highest BCUT2D eigenvalue weighted by atomic mass is 32.2. The first-order valence-electron chi connectivity index (χ1n) is 6.56. The third-order valence-corrected chi connectivity index (χ3v) is 5.80. The Hall–Kier alpha value is -1.54. The van der Waals surface area contributed by atoms with E-state index in [0.717, 1.165) is 18.9 Å². The van der Waals surface area contributed by atoms with E-state index in [1.54, 1.807) is 0 Å². The van der Waals surface area contributed by atoms with Gasteiger partial charge in [-0.25, -0.2) is 12.7 Å². The van der Waals surface area contributed by atoms with E-state index in [4.69, 9.17) is 0 Å². The molecule has 0 unspecified atom stereocenters. The van der Waals surface area contributed by atoms with E-state index in [1.807, 2.05) is 0 Å². The molecule has 0 radical (unpaired) electrons. The Bertz CT molecular complexity index is 699. The fraction of sp³-hybridized carbons (Fsp3) is 0.538. The van der Waals surface area contributed by atoms with E-state index in [2.05, 4.69) is 0 Å². The van der Waals surface area contributed by atoms with Crippen LogP contribution in [0.15, 0.2) is 11.0 Å². The molecule has 21 heavy (non-hydrogen) atoms. The van der Waals surface area contributed by atoms with Gasteiger partial charge >= 0.3 is 5.69 Å². The molecule has 0 amide bonds. The maximum absolute atomic E-state index is 13.7. The molecule has 0 N–H and O–H groups in total. The second-order valence-corrected chi connectivity index (χ2v) is 7.45. The van der Waals surface area contributed by atoms with E-state index in [9.17, 15) is 22.9 Å². The van der Waals surface area contributed by atoms with Gasteiger partial charge in [0.25, 0.3) is 0 Å². The predicted molar refractivity (Wildman–Crippen MR) is 75.1 cm³/mol. The number of halogens is 1. The fourth-order valence-corrected chi connectivity index (χ4v) is 4.11. The molecule has 0 spiro atoms. The molecule has 0 bridgehead atoms. The molecule has 1 aliphatic rings. The summed E-state index contributed by atoms with van der Waals surface area (Å²) in [7, 11) is -2.42. The Morgan fingerprint density at radius 2 is 2.00 bits per heavy atom. The SMILES string of the molecule is Cc1cc(F)c([N+](=O)[O-])c(C)c1S(=O)(=O)N(C)CC1CC1. The zero-order chi connectivity index (χ0) is 15.9. The fourth-order valence-electron chi connectivity index (χ4n) is 2.45. The molecule has 0 heterocycles. The second kappa shape index (κ2) is 5.34. The average molecular weight is 316 g/mol. The van der Waals surface area contributed by atoms with E-state index >= 15 is 0 Å². The van der Waals surface area contributed by atoms with E-state index in [0.29, 0.717) is 12.5 Å². The minimum Gasteiger partial charge on any atom is -0.258 e. The molecule has 8 heteroatoms. The van der Waals surface area contributed by atoms with Gasteiger partial charge in [-0.15, -0.1) is 0 Å². The Balaban J connectivity index is 2.56. The number of sulfonamides is 1. The molecule has 1 aliphatic carbocycles. The average Bonchev–Trinajstić information content (AvgIpc) is 3.10. The van der Waals surface area contributed by atoms with Crippen molar-refractivity contribution in [1.82, 2.24) is 4.31 Å². The maximum Gasteiger partial charge on any atom is 0.309 e. The number of hydrogen-bond donors (Lipinski definition) is 0. The quantitative estimate of drug-likeness (QED) is 0.617. The summed E-state index contributed by atoms with van der Waals surface area (Å²) in [6.07, 6.45) is 1.97. The lowest BCUT2D eigenvalue weighted by molar-refractivity contribution is -0.388. The van der Waals surface area contributed by atoms with Gasteiger partial charge in [0.15, 0.2) is 0 Å². The van der Waals surface area contributed by atoms with E-state index in [-0.39, 0.29) is 16.0 Å². The minimum atomic E-state index is -3.87. The largest absolute Gasteiger partial charge is 0.309 e. The van der Waals surface area contributed by atoms with Crippen LogP contribution in [0.4, 0.5) is 10.1 Å². The van der Waals surface area contributed by atoms with Crippen molar-refractivity contribution >= 4 is 15.7 Å². The first kappa shape index (κ1) is 15.8. The van der Waals surface area contributed by atoms with Gasteiger partial charge in [-0.05, 0) is 44.2 Å². The predicted octanol–water partition coefficient (Wildman–Crippen LogP) is 2.38. The number of nitro groups is 1. The Morgan fingerprint density at radius 3 is 2.48 bits per heavy atom. The van der Waals surface area contributed by atoms with Crippen molar-refractivity contribution in [2.24, 2.45) is 5.92 Å². The number of nitro benzene ring substituents is 1. The van der Waals surface area contributed by atoms with Crippen molar-refractivity contribution in [1.29, 1.82) is 0 Å². The van der Waals surface area contributed by atoms with E-state index < -0.39 is 26.5 Å². The zero-order valence-electron chi connectivity index (χ0n) is 12.1. The molecule has 1 saturated carbocycles. The highest BCUT2D eigenvalue weighted by Gasteiger charge is 2.34. The lowest BCUT2D eigenvalue weighted by Crippen LogP contribution is -2.30. The summed E-state index contributed by atoms with van der Waals surface area (Å²) in [5.74, 6) is -0.667. The van der Waals surface area contributed by atoms with Gasteiger partial charge in [0.05, 0.1) is 15.4 Å². The van der Waals surface area contributed by atoms with Gasteiger partial charge in [0, 0.05) is 13.6 Å². The van der Waals surface area contributed by atoms with Crippen LogP contribution in [-0.2, 0) is 10.0 Å². The smallest absolute Gasteiger partial charge is 0.258 e. The van der Waals surface area contributed by atoms with Crippen LogP contribution < -0.4 is 0 Å². The van der Waals surface area contributed by atoms with Crippen LogP contribution in [0, 0.1) is 35.7 Å². The van der Waals surface area contributed by atoms with Crippen molar-refractivity contribution in [3.63, 3.8) is 0 Å². The van der Waals surface area contributed by atoms with Crippen molar-refractivity contribution in [2.45, 2.75) is 31.6 Å². The first-order valence-corrected chi connectivity index (χ1v) is 8.00. The zero-order valence-corrected chi connectivity index (χ0v) is 12.9. The standard InChI is InChI=1S/C13H17FN2O4S/c1-8-6-11(14)12(16(17)18)9(2)13(8)21(19,20)15(3)7-10-4-5-10/h6,10H,4-5,7H2,1-3H3. The summed E-state index contributed by atoms with van der Waals surface area (Å²) in [4.78, 5) is 9.90. The van der Waals surface area contributed by atoms with Gasteiger partial charge < -0.3 is 0 Å². The highest BCUT2D eigenvalue weighted by Crippen LogP contribution is 2.35. The Labute approximate surface area is 122 Å². The van der Waals surface area contributed by atoms with Crippen LogP contribution in [-0.4, -0.2) is 31.2 Å². The topological polar surface area (TPSA) is 80.5 Å². The Morgan fingerprint density at radius 1 is 1.43 bits per heavy atom. The monoisotopic (exact) mass is 316 g/mol. The molecular weight excluding hydrogens is 299 g/mol. The maximum atomic E-state index is 13.7. The number of benzene rings is 1. The van der Waals surface area contributed by atoms with Crippen LogP contribution in [0.1, 0.15) is 24.0 Å². The van der Waals surface area contributed by atoms with Crippen molar-refractivity contribution in [3.8, 4) is 0 Å². The number of hydrogen-bond acceptors (Lipinski definition) is 4. The van der Waals surface area contributed by atoms with Crippen LogP contribution in [0.3, 0.4) is 0 Å². The number of nitrogens with zero attached hydrogens (tertiary/aromatic N) is 2. The Kier molecular flexibility index (Phi) is 4.03. The van der Waals surface area contributed by atoms with Crippen molar-refractivity contribution in [3.05, 3.63) is 33.1 Å². The van der Waals surface area contributed by atoms with Crippen molar-refractivity contribution in [2.75, 3.05) is 13.6 Å². The van der Waals surface area contributed by atoms with Gasteiger partial charge in [-0.2, -0.15) is 4.39 Å². The molecule has 2 rings (SSSR count). The second-order valence-electron chi connectivity index (χ2n) is 5.46. The highest BCUT2D eigenvalue weighted by molar-refractivity contribution is 7.89. The van der Waals surface area contributed by atoms with Crippen LogP contribution in [0.25, 0.3) is 0 Å².